The first-order valence-electron chi connectivity index (χ1n) is 6.68. The number of rotatable bonds is 3. The van der Waals surface area contributed by atoms with Crippen LogP contribution in [0, 0.1) is 20.8 Å². The molecule has 110 valence electrons. The van der Waals surface area contributed by atoms with E-state index in [1.165, 1.54) is 4.57 Å². The van der Waals surface area contributed by atoms with E-state index in [9.17, 15) is 4.79 Å². The molecule has 0 aliphatic rings. The van der Waals surface area contributed by atoms with E-state index in [4.69, 9.17) is 4.52 Å². The first-order valence-corrected chi connectivity index (χ1v) is 6.68. The van der Waals surface area contributed by atoms with Gasteiger partial charge < -0.3 is 4.52 Å². The Hall–Kier alpha value is -2.64. The Bertz CT molecular complexity index is 831. The number of hydrogen-bond acceptors (Lipinski definition) is 5. The van der Waals surface area contributed by atoms with Gasteiger partial charge in [-0.2, -0.15) is 10.2 Å². The maximum absolute atomic E-state index is 12.2. The molecule has 3 aromatic heterocycles. The van der Waals surface area contributed by atoms with Gasteiger partial charge in [-0.1, -0.05) is 5.16 Å². The number of aromatic amines is 1. The zero-order valence-electron chi connectivity index (χ0n) is 12.3. The molecule has 0 saturated heterocycles. The monoisotopic (exact) mass is 288 g/mol. The lowest BCUT2D eigenvalue weighted by molar-refractivity contribution is 0.393. The third kappa shape index (κ3) is 1.99. The number of aryl methyl sites for hydroxylation is 4. The van der Waals surface area contributed by atoms with Gasteiger partial charge in [0.15, 0.2) is 11.6 Å². The molecule has 8 nitrogen and oxygen atoms in total. The highest BCUT2D eigenvalue weighted by Crippen LogP contribution is 2.25. The maximum Gasteiger partial charge on any atom is 0.348 e. The van der Waals surface area contributed by atoms with Gasteiger partial charge in [0.25, 0.3) is 0 Å². The summed E-state index contributed by atoms with van der Waals surface area (Å²) in [7, 11) is 0. The second-order valence-corrected chi connectivity index (χ2v) is 4.84. The molecule has 0 bridgehead atoms. The number of H-pyrrole nitrogens is 1. The zero-order valence-corrected chi connectivity index (χ0v) is 12.3. The molecule has 0 radical (unpaired) electrons. The van der Waals surface area contributed by atoms with Crippen molar-refractivity contribution in [2.75, 3.05) is 0 Å². The molecule has 0 aliphatic carbocycles. The van der Waals surface area contributed by atoms with Crippen LogP contribution in [0.5, 0.6) is 0 Å². The van der Waals surface area contributed by atoms with Crippen molar-refractivity contribution in [3.63, 3.8) is 0 Å². The second kappa shape index (κ2) is 4.72. The molecule has 0 spiro atoms. The van der Waals surface area contributed by atoms with Gasteiger partial charge in [-0.25, -0.2) is 14.5 Å². The van der Waals surface area contributed by atoms with Crippen LogP contribution in [-0.2, 0) is 6.54 Å². The molecule has 3 aromatic rings. The average Bonchev–Trinajstić information content (AvgIpc) is 3.09. The van der Waals surface area contributed by atoms with Crippen LogP contribution in [-0.4, -0.2) is 29.7 Å². The normalized spacial score (nSPS) is 11.2. The fourth-order valence-electron chi connectivity index (χ4n) is 2.38. The zero-order chi connectivity index (χ0) is 15.1. The summed E-state index contributed by atoms with van der Waals surface area (Å²) in [6, 6.07) is 0. The van der Waals surface area contributed by atoms with Crippen LogP contribution in [0.15, 0.2) is 15.5 Å². The molecule has 0 unspecified atom stereocenters. The Kier molecular flexibility index (Phi) is 3.00. The minimum Gasteiger partial charge on any atom is -0.359 e. The molecule has 3 rings (SSSR count). The van der Waals surface area contributed by atoms with E-state index in [1.54, 1.807) is 13.8 Å². The molecular weight excluding hydrogens is 272 g/mol. The molecule has 1 N–H and O–H groups in total. The highest BCUT2D eigenvalue weighted by molar-refractivity contribution is 5.60. The van der Waals surface area contributed by atoms with E-state index < -0.39 is 0 Å². The summed E-state index contributed by atoms with van der Waals surface area (Å²) in [6.07, 6.45) is 1.87. The van der Waals surface area contributed by atoms with Gasteiger partial charge in [-0.05, 0) is 27.7 Å². The first-order chi connectivity index (χ1) is 10.0. The van der Waals surface area contributed by atoms with E-state index in [0.29, 0.717) is 23.0 Å². The molecule has 21 heavy (non-hydrogen) atoms. The summed E-state index contributed by atoms with van der Waals surface area (Å²) < 4.78 is 8.43. The number of aromatic nitrogens is 6. The Balaban J connectivity index is 2.27. The van der Waals surface area contributed by atoms with E-state index >= 15 is 0 Å². The van der Waals surface area contributed by atoms with Crippen molar-refractivity contribution in [2.45, 2.75) is 34.2 Å². The van der Waals surface area contributed by atoms with Crippen LogP contribution in [0.2, 0.25) is 0 Å². The van der Waals surface area contributed by atoms with Crippen molar-refractivity contribution in [3.05, 3.63) is 33.8 Å². The van der Waals surface area contributed by atoms with Gasteiger partial charge in [-0.15, -0.1) is 0 Å². The minimum atomic E-state index is -0.331. The van der Waals surface area contributed by atoms with Crippen molar-refractivity contribution in [1.29, 1.82) is 0 Å². The van der Waals surface area contributed by atoms with Gasteiger partial charge in [-0.3, -0.25) is 4.68 Å². The SMILES string of the molecule is CCn1cc(-c2n[nH]c(=O)n2-c2c(C)noc2C)c(C)n1. The van der Waals surface area contributed by atoms with Crippen molar-refractivity contribution >= 4 is 0 Å². The summed E-state index contributed by atoms with van der Waals surface area (Å²) in [5, 5.41) is 14.9. The summed E-state index contributed by atoms with van der Waals surface area (Å²) in [5.41, 5.74) is 2.53. The Morgan fingerprint density at radius 3 is 2.62 bits per heavy atom. The van der Waals surface area contributed by atoms with E-state index in [2.05, 4.69) is 20.5 Å². The Labute approximate surface area is 120 Å². The van der Waals surface area contributed by atoms with Gasteiger partial charge in [0.1, 0.15) is 11.4 Å². The summed E-state index contributed by atoms with van der Waals surface area (Å²) in [4.78, 5) is 12.2. The van der Waals surface area contributed by atoms with E-state index in [-0.39, 0.29) is 5.69 Å². The second-order valence-electron chi connectivity index (χ2n) is 4.84. The van der Waals surface area contributed by atoms with E-state index in [0.717, 1.165) is 17.8 Å². The highest BCUT2D eigenvalue weighted by atomic mass is 16.5. The third-order valence-corrected chi connectivity index (χ3v) is 3.40. The summed E-state index contributed by atoms with van der Waals surface area (Å²) in [5.74, 6) is 1.07. The maximum atomic E-state index is 12.2. The van der Waals surface area contributed by atoms with Crippen LogP contribution < -0.4 is 5.69 Å². The Morgan fingerprint density at radius 2 is 2.05 bits per heavy atom. The van der Waals surface area contributed by atoms with Gasteiger partial charge in [0, 0.05) is 12.7 Å². The lowest BCUT2D eigenvalue weighted by atomic mass is 10.2. The largest absolute Gasteiger partial charge is 0.359 e. The van der Waals surface area contributed by atoms with Gasteiger partial charge >= 0.3 is 5.69 Å². The minimum absolute atomic E-state index is 0.331. The molecule has 0 atom stereocenters. The average molecular weight is 288 g/mol. The predicted octanol–water partition coefficient (Wildman–Crippen LogP) is 1.36. The molecule has 0 saturated carbocycles. The molecule has 3 heterocycles. The number of nitrogens with one attached hydrogen (secondary N) is 1. The van der Waals surface area contributed by atoms with Crippen LogP contribution in [0.25, 0.3) is 17.1 Å². The van der Waals surface area contributed by atoms with Crippen molar-refractivity contribution in [2.24, 2.45) is 0 Å². The fourth-order valence-corrected chi connectivity index (χ4v) is 2.38. The lowest BCUT2D eigenvalue weighted by Gasteiger charge is -2.03. The third-order valence-electron chi connectivity index (χ3n) is 3.40. The van der Waals surface area contributed by atoms with Crippen LogP contribution >= 0.6 is 0 Å². The molecule has 0 aromatic carbocycles. The summed E-state index contributed by atoms with van der Waals surface area (Å²) in [6.45, 7) is 8.19. The van der Waals surface area contributed by atoms with Crippen molar-refractivity contribution in [3.8, 4) is 17.1 Å². The van der Waals surface area contributed by atoms with Gasteiger partial charge in [0.2, 0.25) is 0 Å². The predicted molar refractivity (Wildman–Crippen MR) is 75.4 cm³/mol. The molecule has 0 amide bonds. The van der Waals surface area contributed by atoms with Crippen molar-refractivity contribution in [1.82, 2.24) is 29.7 Å². The van der Waals surface area contributed by atoms with E-state index in [1.807, 2.05) is 24.7 Å². The quantitative estimate of drug-likeness (QED) is 0.785. The van der Waals surface area contributed by atoms with Crippen LogP contribution in [0.1, 0.15) is 24.1 Å². The standard InChI is InChI=1S/C13H16N6O2/c1-5-18-6-10(7(2)16-18)12-14-15-13(20)19(12)11-8(3)17-21-9(11)4/h6H,5H2,1-4H3,(H,15,20). The number of hydrogen-bond donors (Lipinski definition) is 1. The van der Waals surface area contributed by atoms with Crippen LogP contribution in [0.4, 0.5) is 0 Å². The lowest BCUT2D eigenvalue weighted by Crippen LogP contribution is -2.17. The smallest absolute Gasteiger partial charge is 0.348 e. The number of nitrogens with zero attached hydrogens (tertiary/aromatic N) is 5. The first kappa shape index (κ1) is 13.3. The fraction of sp³-hybridized carbons (Fsp3) is 0.385. The van der Waals surface area contributed by atoms with Crippen LogP contribution in [0.3, 0.4) is 0 Å². The highest BCUT2D eigenvalue weighted by Gasteiger charge is 2.21. The topological polar surface area (TPSA) is 94.5 Å². The van der Waals surface area contributed by atoms with Crippen molar-refractivity contribution < 1.29 is 4.52 Å². The summed E-state index contributed by atoms with van der Waals surface area (Å²) >= 11 is 0. The molecule has 8 heteroatoms. The molecule has 0 aliphatic heterocycles. The Morgan fingerprint density at radius 1 is 1.29 bits per heavy atom. The van der Waals surface area contributed by atoms with Gasteiger partial charge in [0.05, 0.1) is 11.3 Å². The molecule has 0 fully saturated rings. The molecular formula is C13H16N6O2.